The lowest BCUT2D eigenvalue weighted by molar-refractivity contribution is 0.493. The maximum atomic E-state index is 5.87. The van der Waals surface area contributed by atoms with Crippen LogP contribution in [0.1, 0.15) is 29.9 Å². The van der Waals surface area contributed by atoms with E-state index in [0.717, 1.165) is 22.4 Å². The van der Waals surface area contributed by atoms with Crippen molar-refractivity contribution >= 4 is 34.0 Å². The summed E-state index contributed by atoms with van der Waals surface area (Å²) in [5, 5.41) is 8.23. The Hall–Kier alpha value is -2.33. The zero-order valence-electron chi connectivity index (χ0n) is 13.5. The smallest absolute Gasteiger partial charge is 0.171 e. The second kappa shape index (κ2) is 6.42. The van der Waals surface area contributed by atoms with Gasteiger partial charge < -0.3 is 15.1 Å². The summed E-state index contributed by atoms with van der Waals surface area (Å²) in [5.74, 6) is 0.872. The second-order valence-electron chi connectivity index (χ2n) is 5.75. The van der Waals surface area contributed by atoms with Crippen LogP contribution in [0.3, 0.4) is 0 Å². The summed E-state index contributed by atoms with van der Waals surface area (Å²) in [5.41, 5.74) is 4.36. The van der Waals surface area contributed by atoms with Gasteiger partial charge in [-0.05, 0) is 62.3 Å². The Kier molecular flexibility index (Phi) is 4.35. The number of thiocarbonyl (C=S) groups is 1. The first-order valence-electron chi connectivity index (χ1n) is 7.67. The number of para-hydroxylation sites is 1. The van der Waals surface area contributed by atoms with Gasteiger partial charge in [-0.2, -0.15) is 0 Å². The number of nitrogens with one attached hydrogen (secondary N) is 2. The fourth-order valence-electron chi connectivity index (χ4n) is 2.53. The maximum absolute atomic E-state index is 5.87. The number of furan rings is 1. The minimum Gasteiger partial charge on any atom is -0.459 e. The third-order valence-electron chi connectivity index (χ3n) is 4.07. The highest BCUT2D eigenvalue weighted by Gasteiger charge is 2.13. The number of rotatable bonds is 3. The van der Waals surface area contributed by atoms with Crippen LogP contribution in [0.2, 0.25) is 0 Å². The molecule has 0 unspecified atom stereocenters. The average Bonchev–Trinajstić information content (AvgIpc) is 2.96. The third-order valence-corrected chi connectivity index (χ3v) is 4.29. The van der Waals surface area contributed by atoms with E-state index in [-0.39, 0.29) is 6.04 Å². The molecule has 0 amide bonds. The zero-order chi connectivity index (χ0) is 16.4. The Morgan fingerprint density at radius 1 is 1.09 bits per heavy atom. The quantitative estimate of drug-likeness (QED) is 0.658. The van der Waals surface area contributed by atoms with Crippen LogP contribution in [0, 0.1) is 13.8 Å². The molecule has 1 atom stereocenters. The SMILES string of the molecule is Cc1cccc(NC(=S)N[C@@H](C)c2cc3ccccc3o2)c1C. The predicted molar refractivity (Wildman–Crippen MR) is 99.9 cm³/mol. The van der Waals surface area contributed by atoms with Gasteiger partial charge in [-0.15, -0.1) is 0 Å². The molecular formula is C19H20N2OS. The van der Waals surface area contributed by atoms with Crippen molar-refractivity contribution in [1.29, 1.82) is 0 Å². The van der Waals surface area contributed by atoms with Gasteiger partial charge in [0, 0.05) is 11.1 Å². The molecular weight excluding hydrogens is 304 g/mol. The third kappa shape index (κ3) is 3.37. The van der Waals surface area contributed by atoms with E-state index in [9.17, 15) is 0 Å². The topological polar surface area (TPSA) is 37.2 Å². The standard InChI is InChI=1S/C19H20N2OS/c1-12-7-6-9-16(13(12)2)21-19(23)20-14(3)18-11-15-8-4-5-10-17(15)22-18/h4-11,14H,1-3H3,(H2,20,21,23)/t14-/m0/s1. The highest BCUT2D eigenvalue weighted by atomic mass is 32.1. The first kappa shape index (κ1) is 15.6. The molecule has 0 saturated heterocycles. The van der Waals surface area contributed by atoms with Crippen LogP contribution in [-0.2, 0) is 0 Å². The summed E-state index contributed by atoms with van der Waals surface area (Å²) in [6, 6.07) is 16.2. The fraction of sp³-hybridized carbons (Fsp3) is 0.211. The van der Waals surface area contributed by atoms with Crippen molar-refractivity contribution in [3.05, 3.63) is 65.4 Å². The van der Waals surface area contributed by atoms with Gasteiger partial charge in [0.05, 0.1) is 6.04 Å². The zero-order valence-corrected chi connectivity index (χ0v) is 14.3. The molecule has 0 fully saturated rings. The summed E-state index contributed by atoms with van der Waals surface area (Å²) in [6.45, 7) is 6.21. The molecule has 0 spiro atoms. The van der Waals surface area contributed by atoms with Crippen LogP contribution in [0.4, 0.5) is 5.69 Å². The highest BCUT2D eigenvalue weighted by Crippen LogP contribution is 2.24. The molecule has 23 heavy (non-hydrogen) atoms. The molecule has 0 radical (unpaired) electrons. The summed E-state index contributed by atoms with van der Waals surface area (Å²) in [4.78, 5) is 0. The van der Waals surface area contributed by atoms with Gasteiger partial charge in [-0.25, -0.2) is 0 Å². The van der Waals surface area contributed by atoms with E-state index in [1.54, 1.807) is 0 Å². The van der Waals surface area contributed by atoms with E-state index >= 15 is 0 Å². The lowest BCUT2D eigenvalue weighted by atomic mass is 10.1. The van der Waals surface area contributed by atoms with E-state index < -0.39 is 0 Å². The number of aryl methyl sites for hydroxylation is 1. The van der Waals surface area contributed by atoms with Crippen LogP contribution in [0.15, 0.2) is 52.9 Å². The molecule has 0 aliphatic rings. The molecule has 0 aliphatic carbocycles. The number of hydrogen-bond donors (Lipinski definition) is 2. The monoisotopic (exact) mass is 324 g/mol. The Morgan fingerprint density at radius 2 is 1.87 bits per heavy atom. The molecule has 4 heteroatoms. The average molecular weight is 324 g/mol. The minimum absolute atomic E-state index is 0.00693. The molecule has 3 aromatic rings. The molecule has 3 rings (SSSR count). The summed E-state index contributed by atoms with van der Waals surface area (Å²) >= 11 is 5.43. The van der Waals surface area contributed by atoms with Crippen LogP contribution < -0.4 is 10.6 Å². The van der Waals surface area contributed by atoms with Crippen LogP contribution >= 0.6 is 12.2 Å². The summed E-state index contributed by atoms with van der Waals surface area (Å²) in [7, 11) is 0. The van der Waals surface area contributed by atoms with Crippen molar-refractivity contribution in [2.75, 3.05) is 5.32 Å². The van der Waals surface area contributed by atoms with Crippen LogP contribution in [-0.4, -0.2) is 5.11 Å². The maximum Gasteiger partial charge on any atom is 0.171 e. The molecule has 1 aromatic heterocycles. The Bertz CT molecular complexity index is 820. The van der Waals surface area contributed by atoms with Crippen LogP contribution in [0.25, 0.3) is 11.0 Å². The van der Waals surface area contributed by atoms with Crippen molar-refractivity contribution in [1.82, 2.24) is 5.32 Å². The van der Waals surface area contributed by atoms with Gasteiger partial charge in [-0.3, -0.25) is 0 Å². The molecule has 2 aromatic carbocycles. The fourth-order valence-corrected chi connectivity index (χ4v) is 2.82. The van der Waals surface area contributed by atoms with Crippen LogP contribution in [0.5, 0.6) is 0 Å². The number of fused-ring (bicyclic) bond motifs is 1. The van der Waals surface area contributed by atoms with E-state index in [2.05, 4.69) is 30.5 Å². The largest absolute Gasteiger partial charge is 0.459 e. The first-order valence-corrected chi connectivity index (χ1v) is 8.07. The minimum atomic E-state index is -0.00693. The van der Waals surface area contributed by atoms with E-state index in [4.69, 9.17) is 16.6 Å². The Morgan fingerprint density at radius 3 is 2.65 bits per heavy atom. The van der Waals surface area contributed by atoms with Crippen molar-refractivity contribution in [3.63, 3.8) is 0 Å². The summed E-state index contributed by atoms with van der Waals surface area (Å²) in [6.07, 6.45) is 0. The molecule has 2 N–H and O–H groups in total. The van der Waals surface area contributed by atoms with Gasteiger partial charge in [0.15, 0.2) is 5.11 Å². The summed E-state index contributed by atoms with van der Waals surface area (Å²) < 4.78 is 5.87. The van der Waals surface area contributed by atoms with Crippen molar-refractivity contribution < 1.29 is 4.42 Å². The van der Waals surface area contributed by atoms with Gasteiger partial charge in [0.25, 0.3) is 0 Å². The number of benzene rings is 2. The second-order valence-corrected chi connectivity index (χ2v) is 6.16. The van der Waals surface area contributed by atoms with Crippen molar-refractivity contribution in [2.24, 2.45) is 0 Å². The molecule has 118 valence electrons. The molecule has 3 nitrogen and oxygen atoms in total. The number of hydrogen-bond acceptors (Lipinski definition) is 2. The predicted octanol–water partition coefficient (Wildman–Crippen LogP) is 5.10. The van der Waals surface area contributed by atoms with Crippen molar-refractivity contribution in [2.45, 2.75) is 26.8 Å². The number of anilines is 1. The van der Waals surface area contributed by atoms with Gasteiger partial charge in [0.1, 0.15) is 11.3 Å². The molecule has 0 bridgehead atoms. The molecule has 0 aliphatic heterocycles. The molecule has 0 saturated carbocycles. The van der Waals surface area contributed by atoms with Gasteiger partial charge >= 0.3 is 0 Å². The first-order chi connectivity index (χ1) is 11.0. The van der Waals surface area contributed by atoms with E-state index in [1.165, 1.54) is 11.1 Å². The molecule has 1 heterocycles. The van der Waals surface area contributed by atoms with Crippen molar-refractivity contribution in [3.8, 4) is 0 Å². The lowest BCUT2D eigenvalue weighted by Gasteiger charge is -2.17. The van der Waals surface area contributed by atoms with E-state index in [1.807, 2.05) is 49.4 Å². The lowest BCUT2D eigenvalue weighted by Crippen LogP contribution is -2.31. The van der Waals surface area contributed by atoms with E-state index in [0.29, 0.717) is 5.11 Å². The normalized spacial score (nSPS) is 12.1. The highest BCUT2D eigenvalue weighted by molar-refractivity contribution is 7.80. The van der Waals surface area contributed by atoms with Gasteiger partial charge in [-0.1, -0.05) is 30.3 Å². The Balaban J connectivity index is 1.70. The van der Waals surface area contributed by atoms with Gasteiger partial charge in [0.2, 0.25) is 0 Å². The Labute approximate surface area is 141 Å².